The molecule has 3 atom stereocenters. The molecule has 146 valence electrons. The van der Waals surface area contributed by atoms with E-state index in [0.29, 0.717) is 5.56 Å². The summed E-state index contributed by atoms with van der Waals surface area (Å²) in [4.78, 5) is 48.5. The summed E-state index contributed by atoms with van der Waals surface area (Å²) in [6.07, 6.45) is -1.44. The van der Waals surface area contributed by atoms with Gasteiger partial charge in [-0.25, -0.2) is 4.79 Å². The predicted octanol–water partition coefficient (Wildman–Crippen LogP) is 0.464. The highest BCUT2D eigenvalue weighted by atomic mass is 16.6. The van der Waals surface area contributed by atoms with Crippen LogP contribution in [0, 0.1) is 11.3 Å². The molecule has 1 saturated carbocycles. The Morgan fingerprint density at radius 1 is 1.19 bits per heavy atom. The van der Waals surface area contributed by atoms with Crippen molar-refractivity contribution in [1.82, 2.24) is 4.90 Å². The fourth-order valence-corrected chi connectivity index (χ4v) is 3.34. The minimum atomic E-state index is -1.39. The number of hydrogen-bond donors (Lipinski definition) is 3. The van der Waals surface area contributed by atoms with Gasteiger partial charge in [0.1, 0.15) is 12.6 Å². The Bertz CT molecular complexity index is 749. The first-order chi connectivity index (χ1) is 12.6. The normalized spacial score (nSPS) is 21.0. The highest BCUT2D eigenvalue weighted by Crippen LogP contribution is 2.56. The molecular formula is C18H23N3O6. The number of carboxylic acids is 1. The van der Waals surface area contributed by atoms with Crippen LogP contribution in [0.25, 0.3) is 0 Å². The number of primary amides is 2. The van der Waals surface area contributed by atoms with Gasteiger partial charge in [-0.3, -0.25) is 19.3 Å². The highest BCUT2D eigenvalue weighted by Gasteiger charge is 2.67. The molecule has 1 fully saturated rings. The Balaban J connectivity index is 2.28. The van der Waals surface area contributed by atoms with Gasteiger partial charge in [-0.1, -0.05) is 44.2 Å². The van der Waals surface area contributed by atoms with Gasteiger partial charge >= 0.3 is 12.1 Å². The van der Waals surface area contributed by atoms with Crippen LogP contribution < -0.4 is 11.5 Å². The number of nitrogens with zero attached hydrogens (tertiary/aromatic N) is 1. The van der Waals surface area contributed by atoms with Gasteiger partial charge in [0.15, 0.2) is 0 Å². The Hall–Kier alpha value is -3.10. The molecule has 0 aromatic heterocycles. The minimum absolute atomic E-state index is 0.0802. The number of benzene rings is 1. The van der Waals surface area contributed by atoms with Crippen molar-refractivity contribution in [3.63, 3.8) is 0 Å². The molecule has 1 aliphatic carbocycles. The third-order valence-corrected chi connectivity index (χ3v) is 4.81. The summed E-state index contributed by atoms with van der Waals surface area (Å²) in [5.41, 5.74) is 10.4. The maximum atomic E-state index is 12.7. The Morgan fingerprint density at radius 3 is 2.22 bits per heavy atom. The molecule has 27 heavy (non-hydrogen) atoms. The number of hydrogen-bond acceptors (Lipinski definition) is 5. The number of carbonyl (C=O) groups is 4. The van der Waals surface area contributed by atoms with Crippen LogP contribution in [0.3, 0.4) is 0 Å². The lowest BCUT2D eigenvalue weighted by Crippen LogP contribution is -2.52. The van der Waals surface area contributed by atoms with Gasteiger partial charge in [0.2, 0.25) is 11.8 Å². The number of carbonyl (C=O) groups excluding carboxylic acids is 3. The Morgan fingerprint density at radius 2 is 1.78 bits per heavy atom. The van der Waals surface area contributed by atoms with Gasteiger partial charge < -0.3 is 21.3 Å². The maximum Gasteiger partial charge on any atom is 0.411 e. The summed E-state index contributed by atoms with van der Waals surface area (Å²) in [5.74, 6) is -3.84. The molecule has 0 aliphatic heterocycles. The van der Waals surface area contributed by atoms with E-state index in [1.165, 1.54) is 0 Å². The van der Waals surface area contributed by atoms with E-state index < -0.39 is 53.7 Å². The summed E-state index contributed by atoms with van der Waals surface area (Å²) in [6.45, 7) is 3.22. The molecule has 0 unspecified atom stereocenters. The van der Waals surface area contributed by atoms with Crippen LogP contribution in [-0.4, -0.2) is 46.0 Å². The average Bonchev–Trinajstić information content (AvgIpc) is 3.15. The predicted molar refractivity (Wildman–Crippen MR) is 94.0 cm³/mol. The zero-order chi connectivity index (χ0) is 20.4. The maximum absolute atomic E-state index is 12.7. The van der Waals surface area contributed by atoms with Crippen molar-refractivity contribution < 1.29 is 29.0 Å². The first kappa shape index (κ1) is 20.2. The van der Waals surface area contributed by atoms with E-state index in [9.17, 15) is 24.3 Å². The lowest BCUT2D eigenvalue weighted by atomic mass is 10.1. The first-order valence-electron chi connectivity index (χ1n) is 8.36. The molecule has 0 saturated heterocycles. The average molecular weight is 377 g/mol. The number of ether oxygens (including phenoxy) is 1. The van der Waals surface area contributed by atoms with Crippen LogP contribution in [0.15, 0.2) is 30.3 Å². The van der Waals surface area contributed by atoms with Gasteiger partial charge in [0.05, 0.1) is 18.4 Å². The highest BCUT2D eigenvalue weighted by molar-refractivity contribution is 5.90. The van der Waals surface area contributed by atoms with E-state index in [1.54, 1.807) is 44.2 Å². The smallest absolute Gasteiger partial charge is 0.411 e. The number of amides is 3. The number of rotatable bonds is 8. The van der Waals surface area contributed by atoms with E-state index in [-0.39, 0.29) is 6.61 Å². The fourth-order valence-electron chi connectivity index (χ4n) is 3.34. The first-order valence-corrected chi connectivity index (χ1v) is 8.36. The quantitative estimate of drug-likeness (QED) is 0.598. The topological polar surface area (TPSA) is 153 Å². The molecule has 3 amide bonds. The van der Waals surface area contributed by atoms with Crippen LogP contribution >= 0.6 is 0 Å². The Kier molecular flexibility index (Phi) is 5.72. The van der Waals surface area contributed by atoms with E-state index in [4.69, 9.17) is 16.2 Å². The molecule has 1 aromatic rings. The zero-order valence-corrected chi connectivity index (χ0v) is 15.1. The summed E-state index contributed by atoms with van der Waals surface area (Å²) in [5, 5.41) is 9.41. The Labute approximate surface area is 156 Å². The van der Waals surface area contributed by atoms with Crippen molar-refractivity contribution in [1.29, 1.82) is 0 Å². The van der Waals surface area contributed by atoms with Crippen LogP contribution in [0.4, 0.5) is 4.79 Å². The van der Waals surface area contributed by atoms with E-state index in [1.807, 2.05) is 0 Å². The molecule has 0 heterocycles. The van der Waals surface area contributed by atoms with Crippen molar-refractivity contribution in [3.8, 4) is 0 Å². The molecule has 0 spiro atoms. The van der Waals surface area contributed by atoms with E-state index >= 15 is 0 Å². The van der Waals surface area contributed by atoms with Gasteiger partial charge in [-0.05, 0) is 5.56 Å². The van der Waals surface area contributed by atoms with Crippen molar-refractivity contribution in [2.45, 2.75) is 39.0 Å². The summed E-state index contributed by atoms with van der Waals surface area (Å²) < 4.78 is 5.26. The fraction of sp³-hybridized carbons (Fsp3) is 0.444. The number of nitrogens with two attached hydrogens (primary N) is 2. The molecule has 0 bridgehead atoms. The molecule has 5 N–H and O–H groups in total. The van der Waals surface area contributed by atoms with Crippen molar-refractivity contribution in [2.75, 3.05) is 0 Å². The standard InChI is InChI=1S/C18H23N3O6/c1-18(2)13(16(24)25)14(18)21(11(15(20)23)8-12(19)22)17(26)27-9-10-6-4-3-5-7-10/h3-7,11,13-14H,8-9H2,1-2H3,(H2,19,22)(H2,20,23)(H,24,25)/t11-,13-,14-/m0/s1. The second-order valence-electron chi connectivity index (χ2n) is 7.12. The summed E-state index contributed by atoms with van der Waals surface area (Å²) >= 11 is 0. The molecular weight excluding hydrogens is 354 g/mol. The van der Waals surface area contributed by atoms with Crippen LogP contribution in [-0.2, 0) is 25.7 Å². The molecule has 1 aliphatic rings. The molecule has 9 heteroatoms. The van der Waals surface area contributed by atoms with Crippen LogP contribution in [0.5, 0.6) is 0 Å². The SMILES string of the molecule is CC1(C)[C@H](C(=O)O)[C@@H]1N(C(=O)OCc1ccccc1)[C@@H](CC(N)=O)C(N)=O. The van der Waals surface area contributed by atoms with Crippen LogP contribution in [0.2, 0.25) is 0 Å². The van der Waals surface area contributed by atoms with Crippen molar-refractivity contribution >= 4 is 23.9 Å². The number of aliphatic carboxylic acids is 1. The molecule has 0 radical (unpaired) electrons. The largest absolute Gasteiger partial charge is 0.481 e. The van der Waals surface area contributed by atoms with E-state index in [2.05, 4.69) is 0 Å². The lowest BCUT2D eigenvalue weighted by molar-refractivity contribution is -0.140. The van der Waals surface area contributed by atoms with Gasteiger partial charge in [-0.15, -0.1) is 0 Å². The molecule has 1 aromatic carbocycles. The van der Waals surface area contributed by atoms with Crippen LogP contribution in [0.1, 0.15) is 25.8 Å². The van der Waals surface area contributed by atoms with Gasteiger partial charge in [0.25, 0.3) is 0 Å². The minimum Gasteiger partial charge on any atom is -0.481 e. The second-order valence-corrected chi connectivity index (χ2v) is 7.12. The molecule has 9 nitrogen and oxygen atoms in total. The number of carboxylic acid groups (broad SMARTS) is 1. The zero-order valence-electron chi connectivity index (χ0n) is 15.1. The van der Waals surface area contributed by atoms with Crippen molar-refractivity contribution in [3.05, 3.63) is 35.9 Å². The van der Waals surface area contributed by atoms with E-state index in [0.717, 1.165) is 4.90 Å². The second kappa shape index (κ2) is 7.65. The third-order valence-electron chi connectivity index (χ3n) is 4.81. The van der Waals surface area contributed by atoms with Gasteiger partial charge in [-0.2, -0.15) is 0 Å². The van der Waals surface area contributed by atoms with Crippen molar-refractivity contribution in [2.24, 2.45) is 22.8 Å². The third kappa shape index (κ3) is 4.36. The monoisotopic (exact) mass is 377 g/mol. The lowest BCUT2D eigenvalue weighted by Gasteiger charge is -2.29. The summed E-state index contributed by atoms with van der Waals surface area (Å²) in [7, 11) is 0. The van der Waals surface area contributed by atoms with Gasteiger partial charge in [0, 0.05) is 5.41 Å². The summed E-state index contributed by atoms with van der Waals surface area (Å²) in [6, 6.07) is 6.59. The molecule has 2 rings (SSSR count).